The topological polar surface area (TPSA) is 463 Å². The molecule has 17 N–H and O–H groups in total. The molecule has 0 bridgehead atoms. The number of carbonyl (C=O) groups excluding carboxylic acids is 1. The third-order valence-electron chi connectivity index (χ3n) is 24.2. The largest absolute Gasteiger partial charge is 0.453 e. The lowest BCUT2D eigenvalue weighted by Crippen LogP contribution is -2.69. The molecule has 5 aliphatic carbocycles. The van der Waals surface area contributed by atoms with Crippen molar-refractivity contribution in [1.29, 1.82) is 0 Å². The van der Waals surface area contributed by atoms with E-state index in [1.54, 1.807) is 6.92 Å². The van der Waals surface area contributed by atoms with Crippen LogP contribution in [0, 0.1) is 50.2 Å². The molecule has 29 nitrogen and oxygen atoms in total. The van der Waals surface area contributed by atoms with Crippen LogP contribution in [0.2, 0.25) is 0 Å². The Kier molecular flexibility index (Phi) is 26.1. The maximum Gasteiger partial charge on any atom is 0.333 e. The van der Waals surface area contributed by atoms with Gasteiger partial charge in [0.1, 0.15) is 97.7 Å². The van der Waals surface area contributed by atoms with Crippen LogP contribution in [-0.4, -0.2) is 299 Å². The predicted octanol–water partition coefficient (Wildman–Crippen LogP) is -1.98. The molecule has 0 radical (unpaired) electrons. The van der Waals surface area contributed by atoms with Gasteiger partial charge in [-0.25, -0.2) is 4.79 Å². The fourth-order valence-electron chi connectivity index (χ4n) is 17.8. The zero-order chi connectivity index (χ0) is 71.3. The maximum absolute atomic E-state index is 13.3. The highest BCUT2D eigenvalue weighted by atomic mass is 16.8. The molecule has 0 aromatic carbocycles. The molecular formula is C67H114O29. The Bertz CT molecular complexity index is 2600. The Morgan fingerprint density at radius 1 is 0.625 bits per heavy atom. The molecule has 3 saturated heterocycles. The molecule has 0 aromatic rings. The van der Waals surface area contributed by atoms with Crippen molar-refractivity contribution in [3.05, 3.63) is 23.3 Å². The Labute approximate surface area is 561 Å². The van der Waals surface area contributed by atoms with Crippen LogP contribution in [0.4, 0.5) is 0 Å². The lowest BCUT2D eigenvalue weighted by Gasteiger charge is -2.72. The number of esters is 1. The summed E-state index contributed by atoms with van der Waals surface area (Å²) < 4.78 is 67.1. The van der Waals surface area contributed by atoms with Crippen molar-refractivity contribution in [2.45, 2.75) is 294 Å². The molecule has 8 aliphatic rings. The minimum Gasteiger partial charge on any atom is -0.453 e. The van der Waals surface area contributed by atoms with Crippen molar-refractivity contribution in [3.8, 4) is 0 Å². The van der Waals surface area contributed by atoms with Crippen LogP contribution in [0.3, 0.4) is 0 Å². The number of fused-ring (bicyclic) bond motifs is 7. The molecule has 33 atom stereocenters. The van der Waals surface area contributed by atoms with Crippen LogP contribution in [0.15, 0.2) is 23.3 Å². The summed E-state index contributed by atoms with van der Waals surface area (Å²) in [6.07, 6.45) is -30.2. The van der Waals surface area contributed by atoms with Gasteiger partial charge in [0.05, 0.1) is 70.7 Å². The fraction of sp³-hybridized carbons (Fsp3) is 0.925. The number of rotatable bonds is 27. The van der Waals surface area contributed by atoms with Gasteiger partial charge in [-0.1, -0.05) is 66.2 Å². The van der Waals surface area contributed by atoms with Crippen molar-refractivity contribution in [2.75, 3.05) is 46.2 Å². The first-order valence-electron chi connectivity index (χ1n) is 34.2. The smallest absolute Gasteiger partial charge is 0.333 e. The van der Waals surface area contributed by atoms with Crippen molar-refractivity contribution >= 4 is 5.97 Å². The van der Waals surface area contributed by atoms with Gasteiger partial charge >= 0.3 is 5.97 Å². The first-order valence-corrected chi connectivity index (χ1v) is 34.2. The summed E-state index contributed by atoms with van der Waals surface area (Å²) in [6.45, 7) is 18.3. The first kappa shape index (κ1) is 79.6. The summed E-state index contributed by atoms with van der Waals surface area (Å²) in [6, 6.07) is 0. The molecule has 8 rings (SSSR count). The molecule has 4 saturated carbocycles. The first-order chi connectivity index (χ1) is 44.9. The average molecular weight is 1380 g/mol. The van der Waals surface area contributed by atoms with Crippen LogP contribution in [0.1, 0.15) is 134 Å². The molecule has 3 aliphatic heterocycles. The number of aliphatic hydroxyl groups excluding tert-OH is 17. The lowest BCUT2D eigenvalue weighted by molar-refractivity contribution is -0.372. The van der Waals surface area contributed by atoms with Crippen LogP contribution < -0.4 is 0 Å². The highest BCUT2D eigenvalue weighted by Crippen LogP contribution is 2.76. The lowest BCUT2D eigenvalue weighted by atomic mass is 9.33. The second kappa shape index (κ2) is 31.5. The van der Waals surface area contributed by atoms with E-state index in [4.69, 9.17) is 52.1 Å². The van der Waals surface area contributed by atoms with E-state index in [2.05, 4.69) is 40.7 Å². The Morgan fingerprint density at radius 3 is 1.75 bits per heavy atom. The van der Waals surface area contributed by atoms with Crippen molar-refractivity contribution in [3.63, 3.8) is 0 Å². The zero-order valence-electron chi connectivity index (χ0n) is 57.5. The molecular weight excluding hydrogens is 1270 g/mol. The van der Waals surface area contributed by atoms with E-state index in [0.29, 0.717) is 38.5 Å². The summed E-state index contributed by atoms with van der Waals surface area (Å²) in [5, 5.41) is 184. The van der Waals surface area contributed by atoms with E-state index < -0.39 is 233 Å². The second-order valence-corrected chi connectivity index (χ2v) is 30.6. The third kappa shape index (κ3) is 15.1. The fourth-order valence-corrected chi connectivity index (χ4v) is 17.8. The van der Waals surface area contributed by atoms with Gasteiger partial charge in [0.25, 0.3) is 0 Å². The quantitative estimate of drug-likeness (QED) is 0.0139. The number of ether oxygens (including phenoxy) is 11. The summed E-state index contributed by atoms with van der Waals surface area (Å²) in [4.78, 5) is 13.3. The Hall–Kier alpha value is -2.13. The number of allylic oxidation sites excluding steroid dienone is 3. The van der Waals surface area contributed by atoms with Crippen molar-refractivity contribution in [1.82, 2.24) is 0 Å². The van der Waals surface area contributed by atoms with E-state index in [9.17, 15) is 91.6 Å². The Balaban J connectivity index is 1.04. The molecule has 96 heavy (non-hydrogen) atoms. The van der Waals surface area contributed by atoms with Gasteiger partial charge in [-0.3, -0.25) is 0 Å². The summed E-state index contributed by atoms with van der Waals surface area (Å²) in [5.41, 5.74) is -2.36. The molecule has 0 aromatic heterocycles. The second-order valence-electron chi connectivity index (χ2n) is 30.6. The van der Waals surface area contributed by atoms with Crippen molar-refractivity contribution < 1.29 is 144 Å². The maximum atomic E-state index is 13.3. The van der Waals surface area contributed by atoms with Crippen LogP contribution >= 0.6 is 0 Å². The van der Waals surface area contributed by atoms with Crippen molar-refractivity contribution in [2.24, 2.45) is 50.2 Å². The minimum absolute atomic E-state index is 0.0491. The average Bonchev–Trinajstić information content (AvgIpc) is 0.675. The highest BCUT2D eigenvalue weighted by molar-refractivity contribution is 5.87. The molecule has 7 fully saturated rings. The summed E-state index contributed by atoms with van der Waals surface area (Å²) in [5.74, 6) is -1.03. The minimum atomic E-state index is -1.88. The molecule has 3 heterocycles. The number of hydrogen-bond acceptors (Lipinski definition) is 29. The monoisotopic (exact) mass is 1380 g/mol. The van der Waals surface area contributed by atoms with Gasteiger partial charge in [0.2, 0.25) is 0 Å². The normalized spacial score (nSPS) is 44.9. The summed E-state index contributed by atoms with van der Waals surface area (Å²) >= 11 is 0. The van der Waals surface area contributed by atoms with Gasteiger partial charge in [-0.15, -0.1) is 0 Å². The SMILES string of the molecule is C/C=C(\C)C(=O)OC1C(O)[C@H](O[C@H]2CC[C@@]3(C)C(CC[C@]4(C)C3CC=C3C5CC(C)(C)[C@@H](O)[C@H](O)[C@]5(CO[C@@H]5OC(COC(C)OC(CO)[C@@H](O)C(O)CO)[C@@H](O)C(O)C5O[C@@H]5OC(C)[C@H](O)C(O)C5O)CC[C@]34C)C2(C)C)OC(COC(C)OC(CO)[C@@H](O)C(O)CO)[C@H]1O. The van der Waals surface area contributed by atoms with Crippen LogP contribution in [-0.2, 0) is 56.9 Å². The molecule has 556 valence electrons. The van der Waals surface area contributed by atoms with Gasteiger partial charge < -0.3 is 139 Å². The standard InChI is InChI=1S/C67H114O29/c1-13-30(2)58(85)95-54-49(78)41(28-87-33(5)91-39(26-71)47(76)37(73)24-69)92-60(53(54)82)94-44-17-18-64(10)42(63(44,8)9)16-19-66(12)43(64)15-14-34-35-22-62(6,7)56(83)57(84)67(35,21-20-65(34,66)11)29-88-61-55(96-59-52(81)50(79)45(74)31(3)89-59)51(80)48(77)40(93-61)27-86-32(4)90-38(25-70)46(75)36(72)23-68/h13-14,31-33,35-57,59-61,68-84H,15-29H2,1-12H3/b30-13+/t31?,32?,33?,35?,36?,37?,38?,39?,40?,41?,42?,43?,44-,45-,46-,47-,48+,49+,50?,51?,52?,53?,54?,55?,56-,57-,59-,60-,61+,64-,65+,66+,67-/m0/s1. The number of aliphatic hydroxyl groups is 17. The molecule has 0 amide bonds. The molecule has 18 unspecified atom stereocenters. The van der Waals surface area contributed by atoms with Gasteiger partial charge in [0.15, 0.2) is 37.6 Å². The number of carbonyl (C=O) groups is 1. The van der Waals surface area contributed by atoms with E-state index in [0.717, 1.165) is 18.4 Å². The van der Waals surface area contributed by atoms with Gasteiger partial charge in [0, 0.05) is 11.0 Å². The highest BCUT2D eigenvalue weighted by Gasteiger charge is 2.71. The zero-order valence-corrected chi connectivity index (χ0v) is 57.5. The predicted molar refractivity (Wildman–Crippen MR) is 333 cm³/mol. The molecule has 29 heteroatoms. The van der Waals surface area contributed by atoms with E-state index in [-0.39, 0.29) is 34.8 Å². The van der Waals surface area contributed by atoms with E-state index >= 15 is 0 Å². The van der Waals surface area contributed by atoms with Crippen LogP contribution in [0.5, 0.6) is 0 Å². The number of hydrogen-bond donors (Lipinski definition) is 17. The summed E-state index contributed by atoms with van der Waals surface area (Å²) in [7, 11) is 0. The third-order valence-corrected chi connectivity index (χ3v) is 24.2. The van der Waals surface area contributed by atoms with E-state index in [1.807, 2.05) is 13.8 Å². The van der Waals surface area contributed by atoms with Gasteiger partial charge in [-0.2, -0.15) is 0 Å². The Morgan fingerprint density at radius 2 is 1.19 bits per heavy atom. The van der Waals surface area contributed by atoms with E-state index in [1.165, 1.54) is 33.8 Å². The van der Waals surface area contributed by atoms with Gasteiger partial charge in [-0.05, 0) is 131 Å². The molecule has 0 spiro atoms. The van der Waals surface area contributed by atoms with Crippen LogP contribution in [0.25, 0.3) is 0 Å².